The fraction of sp³-hybridized carbons (Fsp3) is 0.550. The molecular weight excluding hydrogens is 314 g/mol. The number of benzene rings is 1. The molecule has 3 nitrogen and oxygen atoms in total. The van der Waals surface area contributed by atoms with E-state index in [2.05, 4.69) is 46.1 Å². The van der Waals surface area contributed by atoms with Crippen molar-refractivity contribution in [3.05, 3.63) is 42.0 Å². The number of carbonyl (C=O) groups is 1. The van der Waals surface area contributed by atoms with Crippen molar-refractivity contribution in [3.8, 4) is 0 Å². The van der Waals surface area contributed by atoms with Crippen LogP contribution in [0.15, 0.2) is 36.4 Å². The van der Waals surface area contributed by atoms with Gasteiger partial charge in [0, 0.05) is 6.54 Å². The number of amides is 1. The minimum atomic E-state index is -2.03. The van der Waals surface area contributed by atoms with Crippen molar-refractivity contribution in [3.63, 3.8) is 0 Å². The van der Waals surface area contributed by atoms with Gasteiger partial charge in [0.05, 0.1) is 0 Å². The Balaban J connectivity index is 2.90. The van der Waals surface area contributed by atoms with Crippen LogP contribution in [0.5, 0.6) is 0 Å². The Labute approximate surface area is 148 Å². The molecule has 1 atom stereocenters. The molecule has 0 aliphatic heterocycles. The molecule has 1 amide bonds. The van der Waals surface area contributed by atoms with E-state index >= 15 is 0 Å². The Morgan fingerprint density at radius 3 is 2.42 bits per heavy atom. The van der Waals surface area contributed by atoms with Crippen LogP contribution in [0.4, 0.5) is 0 Å². The molecule has 4 heteroatoms. The van der Waals surface area contributed by atoms with E-state index < -0.39 is 14.4 Å². The van der Waals surface area contributed by atoms with Crippen LogP contribution in [0.25, 0.3) is 6.08 Å². The van der Waals surface area contributed by atoms with Crippen LogP contribution in [0.3, 0.4) is 0 Å². The summed E-state index contributed by atoms with van der Waals surface area (Å²) in [5.41, 5.74) is 1.07. The summed E-state index contributed by atoms with van der Waals surface area (Å²) in [5, 5.41) is 3.07. The van der Waals surface area contributed by atoms with Gasteiger partial charge in [0.15, 0.2) is 8.32 Å². The molecule has 1 N–H and O–H groups in total. The first kappa shape index (κ1) is 20.7. The molecule has 0 heterocycles. The topological polar surface area (TPSA) is 38.3 Å². The fourth-order valence-electron chi connectivity index (χ4n) is 1.93. The molecule has 1 aromatic carbocycles. The third-order valence-corrected chi connectivity index (χ3v) is 9.03. The quantitative estimate of drug-likeness (QED) is 0.530. The van der Waals surface area contributed by atoms with Gasteiger partial charge in [-0.1, -0.05) is 70.5 Å². The second kappa shape index (κ2) is 9.18. The normalized spacial score (nSPS) is 13.9. The molecule has 1 unspecified atom stereocenters. The number of rotatable bonds is 8. The van der Waals surface area contributed by atoms with Gasteiger partial charge in [0.25, 0.3) is 5.91 Å². The summed E-state index contributed by atoms with van der Waals surface area (Å²) in [5.74, 6) is -0.0412. The van der Waals surface area contributed by atoms with Gasteiger partial charge in [0.2, 0.25) is 0 Å². The van der Waals surface area contributed by atoms with E-state index in [-0.39, 0.29) is 10.9 Å². The highest BCUT2D eigenvalue weighted by Crippen LogP contribution is 2.37. The Kier molecular flexibility index (Phi) is 7.90. The monoisotopic (exact) mass is 347 g/mol. The maximum absolute atomic E-state index is 12.6. The van der Waals surface area contributed by atoms with Crippen molar-refractivity contribution in [1.82, 2.24) is 5.32 Å². The Morgan fingerprint density at radius 1 is 1.25 bits per heavy atom. The van der Waals surface area contributed by atoms with Crippen molar-refractivity contribution in [2.45, 2.75) is 64.8 Å². The first-order valence-corrected chi connectivity index (χ1v) is 11.8. The van der Waals surface area contributed by atoms with E-state index in [1.165, 1.54) is 0 Å². The van der Waals surface area contributed by atoms with Crippen LogP contribution >= 0.6 is 0 Å². The molecule has 0 fully saturated rings. The predicted molar refractivity (Wildman–Crippen MR) is 105 cm³/mol. The molecule has 0 spiro atoms. The van der Waals surface area contributed by atoms with Gasteiger partial charge in [-0.15, -0.1) is 0 Å². The van der Waals surface area contributed by atoms with Crippen molar-refractivity contribution in [2.75, 3.05) is 6.54 Å². The van der Waals surface area contributed by atoms with Crippen molar-refractivity contribution >= 4 is 20.3 Å². The highest BCUT2D eigenvalue weighted by Gasteiger charge is 2.40. The van der Waals surface area contributed by atoms with Gasteiger partial charge in [-0.3, -0.25) is 4.79 Å². The molecule has 0 aromatic heterocycles. The number of hydrogen-bond donors (Lipinski definition) is 1. The van der Waals surface area contributed by atoms with Crippen LogP contribution in [-0.2, 0) is 9.22 Å². The largest absolute Gasteiger partial charge is 0.402 e. The highest BCUT2D eigenvalue weighted by molar-refractivity contribution is 6.74. The molecule has 1 aromatic rings. The predicted octanol–water partition coefficient (Wildman–Crippen LogP) is 5.01. The van der Waals surface area contributed by atoms with Gasteiger partial charge in [-0.05, 0) is 36.2 Å². The fourth-order valence-corrected chi connectivity index (χ4v) is 3.10. The zero-order valence-electron chi connectivity index (χ0n) is 16.1. The molecular formula is C20H33NO2Si. The lowest BCUT2D eigenvalue weighted by Crippen LogP contribution is -2.48. The lowest BCUT2D eigenvalue weighted by atomic mass is 10.2. The molecule has 0 bridgehead atoms. The second-order valence-corrected chi connectivity index (χ2v) is 12.5. The molecule has 0 aliphatic rings. The molecule has 0 saturated carbocycles. The SMILES string of the molecule is CCCCNC(=O)C(/C=C/c1ccccc1)O[Si](C)(C)C(C)(C)C. The summed E-state index contributed by atoms with van der Waals surface area (Å²) in [4.78, 5) is 12.6. The minimum Gasteiger partial charge on any atom is -0.402 e. The summed E-state index contributed by atoms with van der Waals surface area (Å²) in [6.45, 7) is 13.7. The molecule has 0 radical (unpaired) electrons. The standard InChI is InChI=1S/C20H33NO2Si/c1-7-8-16-21-19(22)18(23-24(5,6)20(2,3)4)15-14-17-12-10-9-11-13-17/h9-15,18H,7-8,16H2,1-6H3,(H,21,22)/b15-14+. The maximum atomic E-state index is 12.6. The van der Waals surface area contributed by atoms with Crippen molar-refractivity contribution < 1.29 is 9.22 Å². The number of unbranched alkanes of at least 4 members (excludes halogenated alkanes) is 1. The Morgan fingerprint density at radius 2 is 1.88 bits per heavy atom. The minimum absolute atomic E-state index is 0.0412. The van der Waals surface area contributed by atoms with Crippen LogP contribution in [0, 0.1) is 0 Å². The average molecular weight is 348 g/mol. The van der Waals surface area contributed by atoms with E-state index in [1.807, 2.05) is 42.5 Å². The zero-order valence-corrected chi connectivity index (χ0v) is 17.1. The third-order valence-electron chi connectivity index (χ3n) is 4.58. The summed E-state index contributed by atoms with van der Waals surface area (Å²) >= 11 is 0. The second-order valence-electron chi connectivity index (χ2n) is 7.71. The average Bonchev–Trinajstić information content (AvgIpc) is 2.51. The van der Waals surface area contributed by atoms with Gasteiger partial charge in [-0.2, -0.15) is 0 Å². The first-order valence-electron chi connectivity index (χ1n) is 8.86. The van der Waals surface area contributed by atoms with Crippen LogP contribution in [-0.4, -0.2) is 26.9 Å². The lowest BCUT2D eigenvalue weighted by molar-refractivity contribution is -0.126. The van der Waals surface area contributed by atoms with Crippen LogP contribution in [0.1, 0.15) is 46.1 Å². The van der Waals surface area contributed by atoms with Crippen LogP contribution in [0.2, 0.25) is 18.1 Å². The number of carbonyl (C=O) groups excluding carboxylic acids is 1. The van der Waals surface area contributed by atoms with Crippen LogP contribution < -0.4 is 5.32 Å². The van der Waals surface area contributed by atoms with Gasteiger partial charge < -0.3 is 9.74 Å². The van der Waals surface area contributed by atoms with Crippen molar-refractivity contribution in [2.24, 2.45) is 0 Å². The smallest absolute Gasteiger partial charge is 0.251 e. The summed E-state index contributed by atoms with van der Waals surface area (Å²) in [7, 11) is -2.03. The first-order chi connectivity index (χ1) is 11.2. The van der Waals surface area contributed by atoms with E-state index in [4.69, 9.17) is 4.43 Å². The maximum Gasteiger partial charge on any atom is 0.251 e. The molecule has 0 aliphatic carbocycles. The Hall–Kier alpha value is -1.39. The highest BCUT2D eigenvalue weighted by atomic mass is 28.4. The van der Waals surface area contributed by atoms with Crippen molar-refractivity contribution in [1.29, 1.82) is 0 Å². The van der Waals surface area contributed by atoms with E-state index in [0.29, 0.717) is 6.54 Å². The van der Waals surface area contributed by atoms with Gasteiger partial charge in [-0.25, -0.2) is 0 Å². The number of nitrogens with one attached hydrogen (secondary N) is 1. The van der Waals surface area contributed by atoms with E-state index in [1.54, 1.807) is 0 Å². The molecule has 134 valence electrons. The van der Waals surface area contributed by atoms with E-state index in [9.17, 15) is 4.79 Å². The molecule has 0 saturated heterocycles. The van der Waals surface area contributed by atoms with Gasteiger partial charge in [0.1, 0.15) is 6.10 Å². The molecule has 1 rings (SSSR count). The lowest BCUT2D eigenvalue weighted by Gasteiger charge is -2.38. The molecule has 24 heavy (non-hydrogen) atoms. The third kappa shape index (κ3) is 6.61. The summed E-state index contributed by atoms with van der Waals surface area (Å²) in [6, 6.07) is 10.0. The number of hydrogen-bond acceptors (Lipinski definition) is 2. The van der Waals surface area contributed by atoms with Gasteiger partial charge >= 0.3 is 0 Å². The summed E-state index contributed by atoms with van der Waals surface area (Å²) in [6.07, 6.45) is 5.37. The zero-order chi connectivity index (χ0) is 18.2. The van der Waals surface area contributed by atoms with E-state index in [0.717, 1.165) is 18.4 Å². The summed E-state index contributed by atoms with van der Waals surface area (Å²) < 4.78 is 6.36. The Bertz CT molecular complexity index is 532.